The highest BCUT2D eigenvalue weighted by molar-refractivity contribution is 5.85. The summed E-state index contributed by atoms with van der Waals surface area (Å²) in [4.78, 5) is 0. The first-order chi connectivity index (χ1) is 3.27. The van der Waals surface area contributed by atoms with E-state index in [1.54, 1.807) is 0 Å². The predicted molar refractivity (Wildman–Crippen MR) is 48.7 cm³/mol. The summed E-state index contributed by atoms with van der Waals surface area (Å²) in [5.41, 5.74) is 1.24. The van der Waals surface area contributed by atoms with Gasteiger partial charge in [-0.05, 0) is 19.8 Å². The summed E-state index contributed by atoms with van der Waals surface area (Å²) < 4.78 is 0. The van der Waals surface area contributed by atoms with E-state index < -0.39 is 0 Å². The maximum absolute atomic E-state index is 3.74. The van der Waals surface area contributed by atoms with Crippen LogP contribution in [0, 0.1) is 0 Å². The summed E-state index contributed by atoms with van der Waals surface area (Å²) in [6, 6.07) is 0. The molecule has 0 aliphatic heterocycles. The standard InChI is InChI=1S/C7H12.2ClH/c1-4-5-6-7(2)3;;/h4H,1-2,5-6H2,3H3;2*1H. The van der Waals surface area contributed by atoms with Gasteiger partial charge in [-0.15, -0.1) is 38.0 Å². The number of hydrogen-bond donors (Lipinski definition) is 0. The molecule has 0 fully saturated rings. The van der Waals surface area contributed by atoms with Gasteiger partial charge >= 0.3 is 0 Å². The third kappa shape index (κ3) is 18.0. The summed E-state index contributed by atoms with van der Waals surface area (Å²) in [5, 5.41) is 0. The van der Waals surface area contributed by atoms with Gasteiger partial charge in [0.05, 0.1) is 0 Å². The van der Waals surface area contributed by atoms with E-state index >= 15 is 0 Å². The zero-order valence-electron chi connectivity index (χ0n) is 5.72. The summed E-state index contributed by atoms with van der Waals surface area (Å²) in [5.74, 6) is 0. The van der Waals surface area contributed by atoms with E-state index in [9.17, 15) is 0 Å². The summed E-state index contributed by atoms with van der Waals surface area (Å²) >= 11 is 0. The molecule has 0 atom stereocenters. The van der Waals surface area contributed by atoms with E-state index in [1.807, 2.05) is 13.0 Å². The fourth-order valence-electron chi connectivity index (χ4n) is 0.348. The molecular formula is C7H14Cl2. The fraction of sp³-hybridized carbons (Fsp3) is 0.429. The molecule has 0 saturated heterocycles. The molecule has 0 spiro atoms. The van der Waals surface area contributed by atoms with Crippen molar-refractivity contribution in [3.05, 3.63) is 24.8 Å². The van der Waals surface area contributed by atoms with Crippen molar-refractivity contribution >= 4 is 24.8 Å². The molecule has 56 valence electrons. The average molecular weight is 169 g/mol. The van der Waals surface area contributed by atoms with Crippen molar-refractivity contribution in [2.24, 2.45) is 0 Å². The molecule has 0 N–H and O–H groups in total. The molecule has 2 heteroatoms. The predicted octanol–water partition coefficient (Wildman–Crippen LogP) is 3.37. The molecule has 0 nitrogen and oxygen atoms in total. The van der Waals surface area contributed by atoms with Crippen LogP contribution >= 0.6 is 24.8 Å². The Morgan fingerprint density at radius 2 is 1.89 bits per heavy atom. The SMILES string of the molecule is C=CCCC(=C)C.Cl.Cl. The maximum Gasteiger partial charge on any atom is -0.0291 e. The molecule has 0 heterocycles. The van der Waals surface area contributed by atoms with E-state index in [-0.39, 0.29) is 24.8 Å². The van der Waals surface area contributed by atoms with Crippen LogP contribution in [0.25, 0.3) is 0 Å². The second-order valence-corrected chi connectivity index (χ2v) is 1.78. The van der Waals surface area contributed by atoms with Crippen molar-refractivity contribution in [2.45, 2.75) is 19.8 Å². The minimum absolute atomic E-state index is 0. The summed E-state index contributed by atoms with van der Waals surface area (Å²) in [7, 11) is 0. The quantitative estimate of drug-likeness (QED) is 0.568. The van der Waals surface area contributed by atoms with Gasteiger partial charge in [-0.3, -0.25) is 0 Å². The van der Waals surface area contributed by atoms with Crippen LogP contribution in [0.1, 0.15) is 19.8 Å². The molecule has 0 saturated carbocycles. The molecule has 0 amide bonds. The molecule has 9 heavy (non-hydrogen) atoms. The van der Waals surface area contributed by atoms with Crippen LogP contribution in [-0.4, -0.2) is 0 Å². The Hall–Kier alpha value is 0.0600. The van der Waals surface area contributed by atoms with Crippen LogP contribution < -0.4 is 0 Å². The van der Waals surface area contributed by atoms with Gasteiger partial charge in [-0.2, -0.15) is 0 Å². The van der Waals surface area contributed by atoms with Crippen molar-refractivity contribution in [3.63, 3.8) is 0 Å². The fourth-order valence-corrected chi connectivity index (χ4v) is 0.348. The highest BCUT2D eigenvalue weighted by Gasteiger charge is 1.78. The van der Waals surface area contributed by atoms with Crippen molar-refractivity contribution in [3.8, 4) is 0 Å². The molecule has 0 radical (unpaired) electrons. The van der Waals surface area contributed by atoms with Crippen LogP contribution in [0.15, 0.2) is 24.8 Å². The zero-order chi connectivity index (χ0) is 5.70. The highest BCUT2D eigenvalue weighted by atomic mass is 35.5. The van der Waals surface area contributed by atoms with E-state index in [0.717, 1.165) is 12.8 Å². The van der Waals surface area contributed by atoms with Gasteiger partial charge in [0.15, 0.2) is 0 Å². The third-order valence-electron chi connectivity index (χ3n) is 0.775. The van der Waals surface area contributed by atoms with E-state index in [4.69, 9.17) is 0 Å². The first kappa shape index (κ1) is 16.0. The van der Waals surface area contributed by atoms with Gasteiger partial charge in [0, 0.05) is 0 Å². The lowest BCUT2D eigenvalue weighted by Crippen LogP contribution is -1.68. The molecule has 0 aromatic carbocycles. The van der Waals surface area contributed by atoms with E-state index in [1.165, 1.54) is 5.57 Å². The molecule has 0 bridgehead atoms. The largest absolute Gasteiger partial charge is 0.147 e. The Balaban J connectivity index is -0.000000180. The minimum atomic E-state index is 0. The van der Waals surface area contributed by atoms with Gasteiger partial charge in [0.1, 0.15) is 0 Å². The Morgan fingerprint density at radius 1 is 1.44 bits per heavy atom. The van der Waals surface area contributed by atoms with Gasteiger partial charge in [0.25, 0.3) is 0 Å². The van der Waals surface area contributed by atoms with Crippen LogP contribution in [0.5, 0.6) is 0 Å². The lowest BCUT2D eigenvalue weighted by Gasteiger charge is -1.88. The van der Waals surface area contributed by atoms with E-state index in [0.29, 0.717) is 0 Å². The summed E-state index contributed by atoms with van der Waals surface area (Å²) in [6.45, 7) is 9.37. The maximum atomic E-state index is 3.74. The molecule has 0 aliphatic carbocycles. The highest BCUT2D eigenvalue weighted by Crippen LogP contribution is 1.98. The van der Waals surface area contributed by atoms with Gasteiger partial charge in [0.2, 0.25) is 0 Å². The second-order valence-electron chi connectivity index (χ2n) is 1.78. The van der Waals surface area contributed by atoms with Crippen molar-refractivity contribution < 1.29 is 0 Å². The smallest absolute Gasteiger partial charge is 0.0291 e. The monoisotopic (exact) mass is 168 g/mol. The second kappa shape index (κ2) is 10.9. The summed E-state index contributed by atoms with van der Waals surface area (Å²) in [6.07, 6.45) is 4.06. The lowest BCUT2D eigenvalue weighted by atomic mass is 10.2. The molecule has 0 unspecified atom stereocenters. The Bertz CT molecular complexity index is 77.0. The van der Waals surface area contributed by atoms with Crippen LogP contribution in [-0.2, 0) is 0 Å². The van der Waals surface area contributed by atoms with Crippen molar-refractivity contribution in [1.29, 1.82) is 0 Å². The number of halogens is 2. The number of hydrogen-bond acceptors (Lipinski definition) is 0. The van der Waals surface area contributed by atoms with Crippen molar-refractivity contribution in [2.75, 3.05) is 0 Å². The first-order valence-electron chi connectivity index (χ1n) is 2.52. The zero-order valence-corrected chi connectivity index (χ0v) is 7.36. The normalized spacial score (nSPS) is 6.33. The Labute approximate surface area is 69.9 Å². The van der Waals surface area contributed by atoms with E-state index in [2.05, 4.69) is 13.2 Å². The van der Waals surface area contributed by atoms with Crippen LogP contribution in [0.2, 0.25) is 0 Å². The number of allylic oxidation sites excluding steroid dienone is 2. The third-order valence-corrected chi connectivity index (χ3v) is 0.775. The van der Waals surface area contributed by atoms with Crippen LogP contribution in [0.4, 0.5) is 0 Å². The average Bonchev–Trinajstić information content (AvgIpc) is 1.61. The van der Waals surface area contributed by atoms with Crippen molar-refractivity contribution in [1.82, 2.24) is 0 Å². The molecule has 0 aromatic heterocycles. The van der Waals surface area contributed by atoms with Gasteiger partial charge in [-0.25, -0.2) is 0 Å². The van der Waals surface area contributed by atoms with Gasteiger partial charge in [-0.1, -0.05) is 11.6 Å². The van der Waals surface area contributed by atoms with Gasteiger partial charge < -0.3 is 0 Å². The topological polar surface area (TPSA) is 0 Å². The molecule has 0 aromatic rings. The number of rotatable bonds is 3. The lowest BCUT2D eigenvalue weighted by molar-refractivity contribution is 0.986. The Morgan fingerprint density at radius 3 is 2.00 bits per heavy atom. The molecular weight excluding hydrogens is 155 g/mol. The Kier molecular flexibility index (Phi) is 19.5. The minimum Gasteiger partial charge on any atom is -0.147 e. The van der Waals surface area contributed by atoms with Crippen LogP contribution in [0.3, 0.4) is 0 Å². The molecule has 0 rings (SSSR count). The first-order valence-corrected chi connectivity index (χ1v) is 2.52. The molecule has 0 aliphatic rings.